The van der Waals surface area contributed by atoms with Gasteiger partial charge in [-0.25, -0.2) is 0 Å². The number of nitrogens with one attached hydrogen (secondary N) is 1. The normalized spacial score (nSPS) is 10.8. The van der Waals surface area contributed by atoms with Gasteiger partial charge in [0.2, 0.25) is 0 Å². The summed E-state index contributed by atoms with van der Waals surface area (Å²) in [5.74, 6) is 0. The van der Waals surface area contributed by atoms with Crippen LogP contribution in [-0.4, -0.2) is 16.3 Å². The van der Waals surface area contributed by atoms with Gasteiger partial charge in [0.25, 0.3) is 0 Å². The Bertz CT molecular complexity index is 494. The van der Waals surface area contributed by atoms with Crippen LogP contribution in [-0.2, 0) is 13.1 Å². The van der Waals surface area contributed by atoms with Crippen LogP contribution < -0.4 is 5.32 Å². The average molecular weight is 243 g/mol. The predicted octanol–water partition coefficient (Wildman–Crippen LogP) is 2.66. The molecule has 0 radical (unpaired) electrons. The first-order valence-corrected chi connectivity index (χ1v) is 6.47. The Morgan fingerprint density at radius 3 is 2.56 bits per heavy atom. The van der Waals surface area contributed by atoms with Crippen molar-refractivity contribution in [1.29, 1.82) is 0 Å². The zero-order valence-corrected chi connectivity index (χ0v) is 11.4. The number of hydrogen-bond acceptors (Lipinski definition) is 2. The summed E-state index contributed by atoms with van der Waals surface area (Å²) in [6.07, 6.45) is 2.05. The highest BCUT2D eigenvalue weighted by atomic mass is 15.3. The molecule has 0 saturated heterocycles. The zero-order valence-electron chi connectivity index (χ0n) is 11.4. The highest BCUT2D eigenvalue weighted by molar-refractivity contribution is 5.28. The van der Waals surface area contributed by atoms with Gasteiger partial charge in [-0.2, -0.15) is 5.10 Å². The lowest BCUT2D eigenvalue weighted by atomic mass is 10.1. The van der Waals surface area contributed by atoms with Crippen LogP contribution in [0.1, 0.15) is 29.3 Å². The molecule has 1 heterocycles. The topological polar surface area (TPSA) is 29.9 Å². The molecule has 0 bridgehead atoms. The molecule has 0 aliphatic carbocycles. The van der Waals surface area contributed by atoms with Crippen molar-refractivity contribution < 1.29 is 0 Å². The van der Waals surface area contributed by atoms with E-state index in [0.717, 1.165) is 25.3 Å². The van der Waals surface area contributed by atoms with Gasteiger partial charge in [0.05, 0.1) is 12.2 Å². The maximum absolute atomic E-state index is 4.56. The summed E-state index contributed by atoms with van der Waals surface area (Å²) < 4.78 is 2.00. The Hall–Kier alpha value is -1.61. The van der Waals surface area contributed by atoms with Crippen molar-refractivity contribution in [1.82, 2.24) is 15.1 Å². The molecule has 1 N–H and O–H groups in total. The van der Waals surface area contributed by atoms with E-state index in [-0.39, 0.29) is 0 Å². The van der Waals surface area contributed by atoms with Crippen molar-refractivity contribution in [3.63, 3.8) is 0 Å². The van der Waals surface area contributed by atoms with E-state index in [1.54, 1.807) is 0 Å². The summed E-state index contributed by atoms with van der Waals surface area (Å²) in [6, 6.07) is 8.71. The van der Waals surface area contributed by atoms with E-state index < -0.39 is 0 Å². The van der Waals surface area contributed by atoms with Gasteiger partial charge in [0.15, 0.2) is 0 Å². The van der Waals surface area contributed by atoms with Crippen LogP contribution in [0, 0.1) is 13.8 Å². The minimum atomic E-state index is 0.842. The largest absolute Gasteiger partial charge is 0.311 e. The first kappa shape index (κ1) is 12.8. The quantitative estimate of drug-likeness (QED) is 0.875. The molecule has 2 rings (SSSR count). The Morgan fingerprint density at radius 2 is 1.89 bits per heavy atom. The Balaban J connectivity index is 2.06. The molecule has 96 valence electrons. The SMILES string of the molecule is CCNCc1ccn(Cc2cc(C)cc(C)c2)n1. The van der Waals surface area contributed by atoms with E-state index in [1.807, 2.05) is 10.9 Å². The minimum Gasteiger partial charge on any atom is -0.311 e. The van der Waals surface area contributed by atoms with Crippen LogP contribution in [0.3, 0.4) is 0 Å². The van der Waals surface area contributed by atoms with Gasteiger partial charge in [-0.15, -0.1) is 0 Å². The first-order chi connectivity index (χ1) is 8.67. The second-order valence-electron chi connectivity index (χ2n) is 4.78. The van der Waals surface area contributed by atoms with Crippen molar-refractivity contribution in [2.75, 3.05) is 6.54 Å². The average Bonchev–Trinajstić information content (AvgIpc) is 2.72. The molecule has 3 heteroatoms. The van der Waals surface area contributed by atoms with Crippen LogP contribution in [0.5, 0.6) is 0 Å². The molecular formula is C15H21N3. The third-order valence-corrected chi connectivity index (χ3v) is 2.88. The van der Waals surface area contributed by atoms with E-state index in [1.165, 1.54) is 16.7 Å². The van der Waals surface area contributed by atoms with Crippen LogP contribution in [0.4, 0.5) is 0 Å². The summed E-state index contributed by atoms with van der Waals surface area (Å²) in [5, 5.41) is 7.84. The van der Waals surface area contributed by atoms with E-state index in [0.29, 0.717) is 0 Å². The van der Waals surface area contributed by atoms with Gasteiger partial charge in [-0.05, 0) is 32.0 Å². The fourth-order valence-electron chi connectivity index (χ4n) is 2.19. The molecule has 1 aromatic carbocycles. The second-order valence-corrected chi connectivity index (χ2v) is 4.78. The molecule has 0 amide bonds. The van der Waals surface area contributed by atoms with Crippen LogP contribution in [0.15, 0.2) is 30.5 Å². The molecule has 0 atom stereocenters. The molecule has 0 unspecified atom stereocenters. The zero-order chi connectivity index (χ0) is 13.0. The third kappa shape index (κ3) is 3.44. The molecule has 0 aliphatic rings. The van der Waals surface area contributed by atoms with Crippen molar-refractivity contribution in [3.05, 3.63) is 52.8 Å². The monoisotopic (exact) mass is 243 g/mol. The van der Waals surface area contributed by atoms with Gasteiger partial charge in [-0.3, -0.25) is 4.68 Å². The Labute approximate surface area is 109 Å². The summed E-state index contributed by atoms with van der Waals surface area (Å²) in [6.45, 7) is 9.04. The number of aryl methyl sites for hydroxylation is 2. The van der Waals surface area contributed by atoms with Gasteiger partial charge >= 0.3 is 0 Å². The maximum Gasteiger partial charge on any atom is 0.0762 e. The summed E-state index contributed by atoms with van der Waals surface area (Å²) >= 11 is 0. The van der Waals surface area contributed by atoms with E-state index in [9.17, 15) is 0 Å². The number of hydrogen-bond donors (Lipinski definition) is 1. The van der Waals surface area contributed by atoms with E-state index in [2.05, 4.69) is 55.5 Å². The standard InChI is InChI=1S/C15H21N3/c1-4-16-10-15-5-6-18(17-15)11-14-8-12(2)7-13(3)9-14/h5-9,16H,4,10-11H2,1-3H3. The van der Waals surface area contributed by atoms with Gasteiger partial charge in [0.1, 0.15) is 0 Å². The van der Waals surface area contributed by atoms with E-state index >= 15 is 0 Å². The lowest BCUT2D eigenvalue weighted by molar-refractivity contribution is 0.644. The van der Waals surface area contributed by atoms with E-state index in [4.69, 9.17) is 0 Å². The number of benzene rings is 1. The molecule has 0 fully saturated rings. The summed E-state index contributed by atoms with van der Waals surface area (Å²) in [5.41, 5.74) is 5.03. The fraction of sp³-hybridized carbons (Fsp3) is 0.400. The first-order valence-electron chi connectivity index (χ1n) is 6.47. The molecule has 3 nitrogen and oxygen atoms in total. The van der Waals surface area contributed by atoms with Crippen molar-refractivity contribution in [2.45, 2.75) is 33.9 Å². The minimum absolute atomic E-state index is 0.842. The number of nitrogens with zero attached hydrogens (tertiary/aromatic N) is 2. The molecular weight excluding hydrogens is 222 g/mol. The molecule has 2 aromatic rings. The van der Waals surface area contributed by atoms with Crippen LogP contribution in [0.25, 0.3) is 0 Å². The van der Waals surface area contributed by atoms with Crippen LogP contribution >= 0.6 is 0 Å². The number of rotatable bonds is 5. The van der Waals surface area contributed by atoms with Gasteiger partial charge in [-0.1, -0.05) is 36.2 Å². The van der Waals surface area contributed by atoms with Gasteiger partial charge < -0.3 is 5.32 Å². The molecule has 0 aliphatic heterocycles. The van der Waals surface area contributed by atoms with Gasteiger partial charge in [0, 0.05) is 12.7 Å². The molecule has 0 spiro atoms. The lowest BCUT2D eigenvalue weighted by Gasteiger charge is -2.05. The molecule has 1 aromatic heterocycles. The lowest BCUT2D eigenvalue weighted by Crippen LogP contribution is -2.12. The van der Waals surface area contributed by atoms with Crippen LogP contribution in [0.2, 0.25) is 0 Å². The Morgan fingerprint density at radius 1 is 1.17 bits per heavy atom. The maximum atomic E-state index is 4.56. The summed E-state index contributed by atoms with van der Waals surface area (Å²) in [7, 11) is 0. The predicted molar refractivity (Wildman–Crippen MR) is 74.6 cm³/mol. The highest BCUT2D eigenvalue weighted by Gasteiger charge is 2.01. The van der Waals surface area contributed by atoms with Crippen molar-refractivity contribution in [3.8, 4) is 0 Å². The smallest absolute Gasteiger partial charge is 0.0762 e. The third-order valence-electron chi connectivity index (χ3n) is 2.88. The number of aromatic nitrogens is 2. The summed E-state index contributed by atoms with van der Waals surface area (Å²) in [4.78, 5) is 0. The highest BCUT2D eigenvalue weighted by Crippen LogP contribution is 2.10. The fourth-order valence-corrected chi connectivity index (χ4v) is 2.19. The van der Waals surface area contributed by atoms with Crippen molar-refractivity contribution >= 4 is 0 Å². The molecule has 0 saturated carbocycles. The van der Waals surface area contributed by atoms with Crippen molar-refractivity contribution in [2.24, 2.45) is 0 Å². The Kier molecular flexibility index (Phi) is 4.15. The molecule has 18 heavy (non-hydrogen) atoms. The second kappa shape index (κ2) is 5.83.